The molecule has 0 heterocycles. The SMILES string of the molecule is CC(CCS)c1c(Cl)c(Cl)cc(Cl)c1Cl. The summed E-state index contributed by atoms with van der Waals surface area (Å²) in [5.74, 6) is 0.955. The molecule has 1 unspecified atom stereocenters. The lowest BCUT2D eigenvalue weighted by molar-refractivity contribution is 0.743. The van der Waals surface area contributed by atoms with Crippen LogP contribution in [0.3, 0.4) is 0 Å². The molecule has 0 spiro atoms. The lowest BCUT2D eigenvalue weighted by Gasteiger charge is -2.16. The number of rotatable bonds is 3. The van der Waals surface area contributed by atoms with Gasteiger partial charge < -0.3 is 0 Å². The average molecular weight is 304 g/mol. The molecule has 0 aliphatic carbocycles. The quantitative estimate of drug-likeness (QED) is 0.535. The largest absolute Gasteiger partial charge is 0.179 e. The molecule has 0 fully saturated rings. The van der Waals surface area contributed by atoms with Gasteiger partial charge in [-0.05, 0) is 29.7 Å². The Balaban J connectivity index is 3.26. The second-order valence-electron chi connectivity index (χ2n) is 3.30. The minimum absolute atomic E-state index is 0.193. The van der Waals surface area contributed by atoms with Gasteiger partial charge in [-0.15, -0.1) is 0 Å². The fourth-order valence-electron chi connectivity index (χ4n) is 1.36. The highest BCUT2D eigenvalue weighted by Gasteiger charge is 2.18. The van der Waals surface area contributed by atoms with Gasteiger partial charge in [-0.1, -0.05) is 53.3 Å². The highest BCUT2D eigenvalue weighted by molar-refractivity contribution is 7.80. The van der Waals surface area contributed by atoms with Gasteiger partial charge in [0.2, 0.25) is 0 Å². The summed E-state index contributed by atoms with van der Waals surface area (Å²) in [6, 6.07) is 1.56. The average Bonchev–Trinajstić information content (AvgIpc) is 2.16. The summed E-state index contributed by atoms with van der Waals surface area (Å²) in [5.41, 5.74) is 0.810. The zero-order valence-corrected chi connectivity index (χ0v) is 11.9. The molecule has 0 amide bonds. The number of hydrogen-bond acceptors (Lipinski definition) is 1. The van der Waals surface area contributed by atoms with Gasteiger partial charge in [0.25, 0.3) is 0 Å². The molecular weight excluding hydrogens is 294 g/mol. The van der Waals surface area contributed by atoms with E-state index in [0.717, 1.165) is 17.7 Å². The van der Waals surface area contributed by atoms with Crippen LogP contribution < -0.4 is 0 Å². The Hall–Kier alpha value is 0.730. The van der Waals surface area contributed by atoms with Crippen molar-refractivity contribution in [2.24, 2.45) is 0 Å². The molecule has 5 heteroatoms. The third-order valence-electron chi connectivity index (χ3n) is 2.20. The van der Waals surface area contributed by atoms with Crippen molar-refractivity contribution in [3.05, 3.63) is 31.7 Å². The second kappa shape index (κ2) is 5.88. The van der Waals surface area contributed by atoms with Gasteiger partial charge in [0, 0.05) is 0 Å². The fourth-order valence-corrected chi connectivity index (χ4v) is 2.95. The van der Waals surface area contributed by atoms with Gasteiger partial charge >= 0.3 is 0 Å². The van der Waals surface area contributed by atoms with Crippen LogP contribution in [0.1, 0.15) is 24.8 Å². The highest BCUT2D eigenvalue weighted by Crippen LogP contribution is 2.41. The smallest absolute Gasteiger partial charge is 0.0642 e. The van der Waals surface area contributed by atoms with Crippen LogP contribution in [0.2, 0.25) is 20.1 Å². The summed E-state index contributed by atoms with van der Waals surface area (Å²) < 4.78 is 0. The molecule has 1 atom stereocenters. The zero-order chi connectivity index (χ0) is 11.6. The molecule has 0 saturated heterocycles. The van der Waals surface area contributed by atoms with E-state index in [1.807, 2.05) is 6.92 Å². The van der Waals surface area contributed by atoms with E-state index >= 15 is 0 Å². The summed E-state index contributed by atoms with van der Waals surface area (Å²) in [4.78, 5) is 0. The minimum Gasteiger partial charge on any atom is -0.179 e. The first kappa shape index (κ1) is 13.8. The van der Waals surface area contributed by atoms with Gasteiger partial charge in [-0.2, -0.15) is 12.6 Å². The van der Waals surface area contributed by atoms with E-state index in [1.54, 1.807) is 6.07 Å². The topological polar surface area (TPSA) is 0 Å². The van der Waals surface area contributed by atoms with Crippen LogP contribution in [0.4, 0.5) is 0 Å². The molecule has 0 radical (unpaired) electrons. The molecule has 0 N–H and O–H groups in total. The summed E-state index contributed by atoms with van der Waals surface area (Å²) >= 11 is 28.3. The van der Waals surface area contributed by atoms with Crippen LogP contribution in [-0.4, -0.2) is 5.75 Å². The predicted molar refractivity (Wildman–Crippen MR) is 73.4 cm³/mol. The first-order chi connectivity index (χ1) is 6.99. The first-order valence-corrected chi connectivity index (χ1v) is 6.57. The molecule has 84 valence electrons. The second-order valence-corrected chi connectivity index (χ2v) is 5.31. The van der Waals surface area contributed by atoms with Crippen molar-refractivity contribution in [2.45, 2.75) is 19.3 Å². The van der Waals surface area contributed by atoms with Crippen LogP contribution in [0, 0.1) is 0 Å². The van der Waals surface area contributed by atoms with Crippen molar-refractivity contribution in [1.29, 1.82) is 0 Å². The molecule has 1 aromatic rings. The Morgan fingerprint density at radius 2 is 1.60 bits per heavy atom. The van der Waals surface area contributed by atoms with Crippen LogP contribution in [0.25, 0.3) is 0 Å². The van der Waals surface area contributed by atoms with E-state index in [-0.39, 0.29) is 5.92 Å². The molecule has 0 aliphatic heterocycles. The standard InChI is InChI=1S/C10H10Cl4S/c1-5(2-3-15)8-9(13)6(11)4-7(12)10(8)14/h4-5,15H,2-3H2,1H3. The maximum atomic E-state index is 6.10. The van der Waals surface area contributed by atoms with E-state index < -0.39 is 0 Å². The number of halogens is 4. The molecule has 0 aromatic heterocycles. The van der Waals surface area contributed by atoms with Crippen molar-refractivity contribution >= 4 is 59.0 Å². The van der Waals surface area contributed by atoms with Gasteiger partial charge in [0.05, 0.1) is 20.1 Å². The van der Waals surface area contributed by atoms with Crippen molar-refractivity contribution < 1.29 is 0 Å². The zero-order valence-electron chi connectivity index (χ0n) is 8.03. The fraction of sp³-hybridized carbons (Fsp3) is 0.400. The van der Waals surface area contributed by atoms with Crippen LogP contribution in [-0.2, 0) is 0 Å². The Kier molecular flexibility index (Phi) is 5.41. The van der Waals surface area contributed by atoms with E-state index in [2.05, 4.69) is 12.6 Å². The lowest BCUT2D eigenvalue weighted by Crippen LogP contribution is -1.98. The third kappa shape index (κ3) is 3.10. The van der Waals surface area contributed by atoms with Gasteiger partial charge in [-0.3, -0.25) is 0 Å². The van der Waals surface area contributed by atoms with Crippen molar-refractivity contribution in [3.8, 4) is 0 Å². The van der Waals surface area contributed by atoms with Crippen LogP contribution in [0.5, 0.6) is 0 Å². The van der Waals surface area contributed by atoms with E-state index in [4.69, 9.17) is 46.4 Å². The molecule has 1 aromatic carbocycles. The lowest BCUT2D eigenvalue weighted by atomic mass is 9.98. The maximum absolute atomic E-state index is 6.10. The van der Waals surface area contributed by atoms with Crippen molar-refractivity contribution in [2.75, 3.05) is 5.75 Å². The molecule has 1 rings (SSSR count). The van der Waals surface area contributed by atoms with E-state index in [9.17, 15) is 0 Å². The summed E-state index contributed by atoms with van der Waals surface area (Å²) in [7, 11) is 0. The third-order valence-corrected chi connectivity index (χ3v) is 4.06. The predicted octanol–water partition coefficient (Wildman–Crippen LogP) is 5.72. The van der Waals surface area contributed by atoms with E-state index in [0.29, 0.717) is 20.1 Å². The first-order valence-electron chi connectivity index (χ1n) is 4.42. The van der Waals surface area contributed by atoms with Gasteiger partial charge in [-0.25, -0.2) is 0 Å². The number of hydrogen-bond donors (Lipinski definition) is 1. The Labute approximate surface area is 115 Å². The van der Waals surface area contributed by atoms with Gasteiger partial charge in [0.15, 0.2) is 0 Å². The summed E-state index contributed by atoms with van der Waals surface area (Å²) in [6.45, 7) is 2.02. The molecule has 0 nitrogen and oxygen atoms in total. The van der Waals surface area contributed by atoms with Crippen molar-refractivity contribution in [3.63, 3.8) is 0 Å². The number of thiol groups is 1. The molecule has 0 bridgehead atoms. The molecule has 0 aliphatic rings. The van der Waals surface area contributed by atoms with Crippen molar-refractivity contribution in [1.82, 2.24) is 0 Å². The van der Waals surface area contributed by atoms with Crippen LogP contribution in [0.15, 0.2) is 6.07 Å². The molecule has 0 saturated carbocycles. The summed E-state index contributed by atoms with van der Waals surface area (Å²) in [5, 5.41) is 1.85. The Morgan fingerprint density at radius 3 is 2.00 bits per heavy atom. The maximum Gasteiger partial charge on any atom is 0.0642 e. The normalized spacial score (nSPS) is 12.9. The highest BCUT2D eigenvalue weighted by atomic mass is 35.5. The van der Waals surface area contributed by atoms with E-state index in [1.165, 1.54) is 0 Å². The Bertz CT molecular complexity index is 339. The summed E-state index contributed by atoms with van der Waals surface area (Å²) in [6.07, 6.45) is 0.874. The van der Waals surface area contributed by atoms with Gasteiger partial charge in [0.1, 0.15) is 0 Å². The molecule has 15 heavy (non-hydrogen) atoms. The number of benzene rings is 1. The minimum atomic E-state index is 0.193. The molecular formula is C10H10Cl4S. The van der Waals surface area contributed by atoms with Crippen LogP contribution >= 0.6 is 59.0 Å². The Morgan fingerprint density at radius 1 is 1.13 bits per heavy atom. The monoisotopic (exact) mass is 302 g/mol.